The normalized spacial score (nSPS) is 9.81. The summed E-state index contributed by atoms with van der Waals surface area (Å²) in [5.74, 6) is 1.92. The maximum atomic E-state index is 5.60. The van der Waals surface area contributed by atoms with E-state index in [2.05, 4.69) is 4.98 Å². The number of hydrogen-bond donors (Lipinski definition) is 1. The largest absolute Gasteiger partial charge is 0.481 e. The van der Waals surface area contributed by atoms with Crippen LogP contribution < -0.4 is 15.2 Å². The lowest BCUT2D eigenvalue weighted by Crippen LogP contribution is -1.89. The third kappa shape index (κ3) is 2.42. The Hall–Kier alpha value is -2.23. The van der Waals surface area contributed by atoms with Crippen LogP contribution >= 0.6 is 0 Å². The lowest BCUT2D eigenvalue weighted by atomic mass is 10.3. The van der Waals surface area contributed by atoms with Gasteiger partial charge in [-0.15, -0.1) is 0 Å². The third-order valence-corrected chi connectivity index (χ3v) is 2.03. The van der Waals surface area contributed by atoms with Gasteiger partial charge in [0.25, 0.3) is 0 Å². The van der Waals surface area contributed by atoms with Crippen molar-refractivity contribution in [2.75, 3.05) is 12.8 Å². The molecule has 0 fully saturated rings. The lowest BCUT2D eigenvalue weighted by Gasteiger charge is -2.06. The molecule has 16 heavy (non-hydrogen) atoms. The Morgan fingerprint density at radius 2 is 1.81 bits per heavy atom. The molecule has 0 amide bonds. The molecule has 0 saturated heterocycles. The van der Waals surface area contributed by atoms with Crippen molar-refractivity contribution >= 4 is 5.69 Å². The number of nitrogens with zero attached hydrogens (tertiary/aromatic N) is 1. The molecule has 2 rings (SSSR count). The first-order valence-corrected chi connectivity index (χ1v) is 4.81. The number of nitrogen functional groups attached to an aromatic ring is 1. The van der Waals surface area contributed by atoms with Crippen LogP contribution in [-0.4, -0.2) is 12.1 Å². The fourth-order valence-corrected chi connectivity index (χ4v) is 1.24. The van der Waals surface area contributed by atoms with Crippen LogP contribution in [-0.2, 0) is 0 Å². The van der Waals surface area contributed by atoms with Crippen LogP contribution in [0.2, 0.25) is 0 Å². The molecule has 0 aliphatic heterocycles. The van der Waals surface area contributed by atoms with E-state index in [0.29, 0.717) is 17.3 Å². The molecule has 0 aliphatic rings. The van der Waals surface area contributed by atoms with Gasteiger partial charge in [-0.1, -0.05) is 0 Å². The first-order chi connectivity index (χ1) is 7.78. The Balaban J connectivity index is 2.16. The number of hydrogen-bond acceptors (Lipinski definition) is 4. The molecule has 82 valence electrons. The number of ether oxygens (including phenoxy) is 2. The lowest BCUT2D eigenvalue weighted by molar-refractivity contribution is 0.392. The van der Waals surface area contributed by atoms with Crippen molar-refractivity contribution in [3.8, 4) is 17.4 Å². The summed E-state index contributed by atoms with van der Waals surface area (Å²) in [6, 6.07) is 10.7. The molecule has 0 atom stereocenters. The van der Waals surface area contributed by atoms with E-state index < -0.39 is 0 Å². The molecule has 0 radical (unpaired) electrons. The van der Waals surface area contributed by atoms with Crippen molar-refractivity contribution in [3.63, 3.8) is 0 Å². The van der Waals surface area contributed by atoms with E-state index in [9.17, 15) is 0 Å². The number of methoxy groups -OCH3 is 1. The standard InChI is InChI=1S/C12H12N2O2/c1-15-12-8-11(6-7-14-12)16-10-4-2-9(13)3-5-10/h2-8H,13H2,1H3. The van der Waals surface area contributed by atoms with Gasteiger partial charge in [-0.25, -0.2) is 4.98 Å². The van der Waals surface area contributed by atoms with Gasteiger partial charge >= 0.3 is 0 Å². The minimum absolute atomic E-state index is 0.521. The summed E-state index contributed by atoms with van der Waals surface area (Å²) in [7, 11) is 1.56. The summed E-state index contributed by atoms with van der Waals surface area (Å²) >= 11 is 0. The summed E-state index contributed by atoms with van der Waals surface area (Å²) < 4.78 is 10.6. The van der Waals surface area contributed by atoms with Crippen LogP contribution in [0.1, 0.15) is 0 Å². The Bertz CT molecular complexity index is 469. The van der Waals surface area contributed by atoms with E-state index in [-0.39, 0.29) is 0 Å². The van der Waals surface area contributed by atoms with Gasteiger partial charge in [0, 0.05) is 18.0 Å². The summed E-state index contributed by atoms with van der Waals surface area (Å²) in [6.45, 7) is 0. The van der Waals surface area contributed by atoms with Gasteiger partial charge in [0.05, 0.1) is 7.11 Å². The summed E-state index contributed by atoms with van der Waals surface area (Å²) in [6.07, 6.45) is 1.63. The topological polar surface area (TPSA) is 57.4 Å². The van der Waals surface area contributed by atoms with Crippen LogP contribution in [0.3, 0.4) is 0 Å². The van der Waals surface area contributed by atoms with Crippen molar-refractivity contribution < 1.29 is 9.47 Å². The maximum Gasteiger partial charge on any atom is 0.216 e. The van der Waals surface area contributed by atoms with Crippen LogP contribution in [0.5, 0.6) is 17.4 Å². The number of aromatic nitrogens is 1. The molecule has 2 aromatic rings. The predicted octanol–water partition coefficient (Wildman–Crippen LogP) is 2.46. The van der Waals surface area contributed by atoms with Crippen LogP contribution in [0.15, 0.2) is 42.6 Å². The van der Waals surface area contributed by atoms with Crippen molar-refractivity contribution in [2.45, 2.75) is 0 Å². The fraction of sp³-hybridized carbons (Fsp3) is 0.0833. The zero-order valence-electron chi connectivity index (χ0n) is 8.88. The quantitative estimate of drug-likeness (QED) is 0.801. The molecule has 0 saturated carbocycles. The van der Waals surface area contributed by atoms with Crippen LogP contribution in [0.4, 0.5) is 5.69 Å². The first kappa shape index (κ1) is 10.3. The second kappa shape index (κ2) is 4.53. The fourth-order valence-electron chi connectivity index (χ4n) is 1.24. The molecule has 0 bridgehead atoms. The number of nitrogens with two attached hydrogens (primary N) is 1. The number of benzene rings is 1. The highest BCUT2D eigenvalue weighted by Gasteiger charge is 1.99. The van der Waals surface area contributed by atoms with E-state index in [1.807, 2.05) is 12.1 Å². The molecule has 4 heteroatoms. The van der Waals surface area contributed by atoms with Gasteiger partial charge in [-0.3, -0.25) is 0 Å². The molecule has 1 heterocycles. The Morgan fingerprint density at radius 1 is 1.06 bits per heavy atom. The van der Waals surface area contributed by atoms with Gasteiger partial charge in [0.2, 0.25) is 5.88 Å². The molecular weight excluding hydrogens is 204 g/mol. The van der Waals surface area contributed by atoms with Crippen molar-refractivity contribution in [1.29, 1.82) is 0 Å². The summed E-state index contributed by atoms with van der Waals surface area (Å²) in [4.78, 5) is 3.99. The third-order valence-electron chi connectivity index (χ3n) is 2.03. The Labute approximate surface area is 93.6 Å². The second-order valence-corrected chi connectivity index (χ2v) is 3.21. The van der Waals surface area contributed by atoms with Crippen LogP contribution in [0.25, 0.3) is 0 Å². The number of pyridine rings is 1. The zero-order valence-corrected chi connectivity index (χ0v) is 8.88. The average molecular weight is 216 g/mol. The molecule has 1 aromatic carbocycles. The van der Waals surface area contributed by atoms with Crippen molar-refractivity contribution in [1.82, 2.24) is 4.98 Å². The minimum atomic E-state index is 0.521. The Kier molecular flexibility index (Phi) is 2.91. The molecule has 4 nitrogen and oxygen atoms in total. The minimum Gasteiger partial charge on any atom is -0.481 e. The van der Waals surface area contributed by atoms with E-state index in [0.717, 1.165) is 5.75 Å². The smallest absolute Gasteiger partial charge is 0.216 e. The second-order valence-electron chi connectivity index (χ2n) is 3.21. The summed E-state index contributed by atoms with van der Waals surface area (Å²) in [5.41, 5.74) is 6.29. The van der Waals surface area contributed by atoms with E-state index >= 15 is 0 Å². The zero-order chi connectivity index (χ0) is 11.4. The van der Waals surface area contributed by atoms with E-state index in [1.165, 1.54) is 0 Å². The molecule has 0 unspecified atom stereocenters. The monoisotopic (exact) mass is 216 g/mol. The Morgan fingerprint density at radius 3 is 2.50 bits per heavy atom. The molecule has 0 spiro atoms. The predicted molar refractivity (Wildman–Crippen MR) is 61.7 cm³/mol. The first-order valence-electron chi connectivity index (χ1n) is 4.81. The maximum absolute atomic E-state index is 5.60. The van der Waals surface area contributed by atoms with E-state index in [1.54, 1.807) is 37.6 Å². The highest BCUT2D eigenvalue weighted by atomic mass is 16.5. The van der Waals surface area contributed by atoms with Crippen LogP contribution in [0, 0.1) is 0 Å². The SMILES string of the molecule is COc1cc(Oc2ccc(N)cc2)ccn1. The molecule has 0 aliphatic carbocycles. The van der Waals surface area contributed by atoms with Gasteiger partial charge in [0.1, 0.15) is 11.5 Å². The number of rotatable bonds is 3. The molecule has 2 N–H and O–H groups in total. The highest BCUT2D eigenvalue weighted by Crippen LogP contribution is 2.23. The van der Waals surface area contributed by atoms with Gasteiger partial charge < -0.3 is 15.2 Å². The summed E-state index contributed by atoms with van der Waals surface area (Å²) in [5, 5.41) is 0. The van der Waals surface area contributed by atoms with Gasteiger partial charge in [0.15, 0.2) is 0 Å². The van der Waals surface area contributed by atoms with Gasteiger partial charge in [-0.05, 0) is 30.3 Å². The molecule has 1 aromatic heterocycles. The molecular formula is C12H12N2O2. The average Bonchev–Trinajstić information content (AvgIpc) is 2.32. The van der Waals surface area contributed by atoms with E-state index in [4.69, 9.17) is 15.2 Å². The highest BCUT2D eigenvalue weighted by molar-refractivity contribution is 5.43. The number of anilines is 1. The van der Waals surface area contributed by atoms with Crippen molar-refractivity contribution in [3.05, 3.63) is 42.6 Å². The van der Waals surface area contributed by atoms with Crippen molar-refractivity contribution in [2.24, 2.45) is 0 Å². The van der Waals surface area contributed by atoms with Gasteiger partial charge in [-0.2, -0.15) is 0 Å².